The molecule has 0 aliphatic carbocycles. The zero-order valence-electron chi connectivity index (χ0n) is 16.1. The summed E-state index contributed by atoms with van der Waals surface area (Å²) >= 11 is 0. The quantitative estimate of drug-likeness (QED) is 0.679. The van der Waals surface area contributed by atoms with Gasteiger partial charge in [-0.2, -0.15) is 0 Å². The molecule has 3 heterocycles. The van der Waals surface area contributed by atoms with Crippen molar-refractivity contribution in [2.75, 3.05) is 44.2 Å². The van der Waals surface area contributed by atoms with Gasteiger partial charge in [-0.05, 0) is 31.2 Å². The monoisotopic (exact) mass is 399 g/mol. The first-order chi connectivity index (χ1) is 14.1. The average Bonchev–Trinajstić information content (AvgIpc) is 3.21. The number of rotatable bonds is 4. The van der Waals surface area contributed by atoms with Gasteiger partial charge in [0.05, 0.1) is 23.2 Å². The summed E-state index contributed by atoms with van der Waals surface area (Å²) in [6.45, 7) is 4.01. The molecule has 4 rings (SSSR count). The van der Waals surface area contributed by atoms with E-state index in [-0.39, 0.29) is 25.0 Å². The largest absolute Gasteiger partial charge is 0.465 e. The van der Waals surface area contributed by atoms with Gasteiger partial charge >= 0.3 is 12.0 Å². The third kappa shape index (κ3) is 3.80. The van der Waals surface area contributed by atoms with Crippen LogP contribution < -0.4 is 10.2 Å². The van der Waals surface area contributed by atoms with Crippen molar-refractivity contribution < 1.29 is 18.7 Å². The Kier molecular flexibility index (Phi) is 5.20. The van der Waals surface area contributed by atoms with Gasteiger partial charge in [-0.1, -0.05) is 0 Å². The molecule has 152 valence electrons. The second-order valence-electron chi connectivity index (χ2n) is 6.77. The van der Waals surface area contributed by atoms with E-state index >= 15 is 0 Å². The number of halogens is 1. The Hall–Kier alpha value is -3.36. The maximum absolute atomic E-state index is 13.7. The fourth-order valence-corrected chi connectivity index (χ4v) is 3.56. The van der Waals surface area contributed by atoms with Gasteiger partial charge in [-0.25, -0.2) is 14.2 Å². The maximum Gasteiger partial charge on any atom is 0.325 e. The molecule has 1 fully saturated rings. The van der Waals surface area contributed by atoms with Crippen molar-refractivity contribution in [3.05, 3.63) is 42.3 Å². The summed E-state index contributed by atoms with van der Waals surface area (Å²) < 4.78 is 20.5. The van der Waals surface area contributed by atoms with Crippen molar-refractivity contribution >= 4 is 34.4 Å². The van der Waals surface area contributed by atoms with Crippen LogP contribution in [0.25, 0.3) is 16.6 Å². The molecular weight excluding hydrogens is 377 g/mol. The topological polar surface area (TPSA) is 79.2 Å². The van der Waals surface area contributed by atoms with E-state index in [1.165, 1.54) is 12.1 Å². The van der Waals surface area contributed by atoms with Crippen LogP contribution in [0.5, 0.6) is 0 Å². The first-order valence-electron chi connectivity index (χ1n) is 9.56. The number of urea groups is 1. The van der Waals surface area contributed by atoms with E-state index in [0.29, 0.717) is 31.7 Å². The molecule has 1 aromatic carbocycles. The average molecular weight is 399 g/mol. The Morgan fingerprint density at radius 3 is 2.72 bits per heavy atom. The Labute approximate surface area is 166 Å². The van der Waals surface area contributed by atoms with Crippen LogP contribution in [-0.4, -0.2) is 65.6 Å². The number of ether oxygens (including phenoxy) is 1. The molecule has 2 aromatic heterocycles. The first-order valence-corrected chi connectivity index (χ1v) is 9.56. The summed E-state index contributed by atoms with van der Waals surface area (Å²) in [5.41, 5.74) is 2.36. The minimum absolute atomic E-state index is 0.143. The standard InChI is InChI=1S/C20H22FN5O3/c1-2-29-18(27)13-22-20(28)25-10-8-24(9-11-25)19-17-4-3-7-26(17)16-6-5-14(21)12-15(16)23-19/h3-7,12H,2,8-11,13H2,1H3,(H,22,28). The molecule has 0 radical (unpaired) electrons. The molecule has 0 atom stereocenters. The molecule has 29 heavy (non-hydrogen) atoms. The lowest BCUT2D eigenvalue weighted by atomic mass is 10.2. The zero-order valence-corrected chi connectivity index (χ0v) is 16.1. The molecule has 0 bridgehead atoms. The Morgan fingerprint density at radius 1 is 1.17 bits per heavy atom. The second-order valence-corrected chi connectivity index (χ2v) is 6.77. The third-order valence-corrected chi connectivity index (χ3v) is 4.96. The third-order valence-electron chi connectivity index (χ3n) is 4.96. The zero-order chi connectivity index (χ0) is 20.4. The lowest BCUT2D eigenvalue weighted by Crippen LogP contribution is -2.52. The molecule has 0 spiro atoms. The molecule has 1 aliphatic rings. The van der Waals surface area contributed by atoms with Crippen LogP contribution >= 0.6 is 0 Å². The van der Waals surface area contributed by atoms with Crippen molar-refractivity contribution in [1.82, 2.24) is 19.6 Å². The number of carbonyl (C=O) groups excluding carboxylic acids is 2. The highest BCUT2D eigenvalue weighted by Gasteiger charge is 2.24. The fourth-order valence-electron chi connectivity index (χ4n) is 3.56. The van der Waals surface area contributed by atoms with Crippen LogP contribution in [0.1, 0.15) is 6.92 Å². The highest BCUT2D eigenvalue weighted by Crippen LogP contribution is 2.26. The van der Waals surface area contributed by atoms with E-state index in [4.69, 9.17) is 9.72 Å². The summed E-state index contributed by atoms with van der Waals surface area (Å²) in [5, 5.41) is 2.58. The number of piperazine rings is 1. The number of anilines is 1. The highest BCUT2D eigenvalue weighted by molar-refractivity contribution is 5.85. The summed E-state index contributed by atoms with van der Waals surface area (Å²) in [6, 6.07) is 8.19. The SMILES string of the molecule is CCOC(=O)CNC(=O)N1CCN(c2nc3cc(F)ccc3n3cccc23)CC1. The van der Waals surface area contributed by atoms with E-state index in [1.54, 1.807) is 17.9 Å². The van der Waals surface area contributed by atoms with Gasteiger partial charge in [0.15, 0.2) is 5.82 Å². The molecule has 1 saturated heterocycles. The number of benzene rings is 1. The van der Waals surface area contributed by atoms with E-state index < -0.39 is 5.97 Å². The summed E-state index contributed by atoms with van der Waals surface area (Å²) in [5.74, 6) is -0.0204. The van der Waals surface area contributed by atoms with Gasteiger partial charge in [0, 0.05) is 38.4 Å². The van der Waals surface area contributed by atoms with E-state index in [9.17, 15) is 14.0 Å². The van der Waals surface area contributed by atoms with Crippen LogP contribution in [0.2, 0.25) is 0 Å². The maximum atomic E-state index is 13.7. The van der Waals surface area contributed by atoms with Crippen LogP contribution in [0.4, 0.5) is 15.0 Å². The van der Waals surface area contributed by atoms with Gasteiger partial charge in [0.1, 0.15) is 12.4 Å². The smallest absolute Gasteiger partial charge is 0.325 e. The number of aromatic nitrogens is 2. The molecule has 3 aromatic rings. The van der Waals surface area contributed by atoms with Gasteiger partial charge in [0.2, 0.25) is 0 Å². The molecule has 9 heteroatoms. The number of nitrogens with one attached hydrogen (secondary N) is 1. The minimum atomic E-state index is -0.456. The normalized spacial score (nSPS) is 14.4. The first kappa shape index (κ1) is 19.0. The summed E-state index contributed by atoms with van der Waals surface area (Å²) in [4.78, 5) is 32.1. The Bertz CT molecular complexity index is 1060. The highest BCUT2D eigenvalue weighted by atomic mass is 19.1. The number of esters is 1. The number of carbonyl (C=O) groups is 2. The van der Waals surface area contributed by atoms with Gasteiger partial charge in [-0.3, -0.25) is 4.79 Å². The van der Waals surface area contributed by atoms with Gasteiger partial charge in [-0.15, -0.1) is 0 Å². The Morgan fingerprint density at radius 2 is 1.97 bits per heavy atom. The number of hydrogen-bond donors (Lipinski definition) is 1. The van der Waals surface area contributed by atoms with E-state index in [0.717, 1.165) is 16.9 Å². The van der Waals surface area contributed by atoms with E-state index in [2.05, 4.69) is 10.2 Å². The molecular formula is C20H22FN5O3. The summed E-state index contributed by atoms with van der Waals surface area (Å²) in [7, 11) is 0. The van der Waals surface area contributed by atoms with E-state index in [1.807, 2.05) is 22.7 Å². The predicted octanol–water partition coefficient (Wildman–Crippen LogP) is 2.02. The molecule has 1 N–H and O–H groups in total. The lowest BCUT2D eigenvalue weighted by molar-refractivity contribution is -0.141. The number of nitrogens with zero attached hydrogens (tertiary/aromatic N) is 4. The van der Waals surface area contributed by atoms with Crippen LogP contribution in [0, 0.1) is 5.82 Å². The molecule has 0 saturated carbocycles. The van der Waals surface area contributed by atoms with Crippen LogP contribution in [0.15, 0.2) is 36.5 Å². The van der Waals surface area contributed by atoms with Crippen LogP contribution in [0.3, 0.4) is 0 Å². The van der Waals surface area contributed by atoms with Crippen molar-refractivity contribution in [2.24, 2.45) is 0 Å². The second kappa shape index (κ2) is 7.94. The van der Waals surface area contributed by atoms with Crippen LogP contribution in [-0.2, 0) is 9.53 Å². The minimum Gasteiger partial charge on any atom is -0.465 e. The number of hydrogen-bond acceptors (Lipinski definition) is 5. The Balaban J connectivity index is 1.48. The lowest BCUT2D eigenvalue weighted by Gasteiger charge is -2.35. The fraction of sp³-hybridized carbons (Fsp3) is 0.350. The van der Waals surface area contributed by atoms with Crippen molar-refractivity contribution in [1.29, 1.82) is 0 Å². The summed E-state index contributed by atoms with van der Waals surface area (Å²) in [6.07, 6.45) is 1.93. The number of amides is 2. The predicted molar refractivity (Wildman–Crippen MR) is 106 cm³/mol. The van der Waals surface area contributed by atoms with Crippen molar-refractivity contribution in [3.63, 3.8) is 0 Å². The molecule has 0 unspecified atom stereocenters. The molecule has 8 nitrogen and oxygen atoms in total. The molecule has 1 aliphatic heterocycles. The van der Waals surface area contributed by atoms with Gasteiger partial charge in [0.25, 0.3) is 0 Å². The van der Waals surface area contributed by atoms with Gasteiger partial charge < -0.3 is 24.3 Å². The van der Waals surface area contributed by atoms with Crippen molar-refractivity contribution in [2.45, 2.75) is 6.92 Å². The molecule has 2 amide bonds. The number of fused-ring (bicyclic) bond motifs is 3. The van der Waals surface area contributed by atoms with Crippen molar-refractivity contribution in [3.8, 4) is 0 Å².